The quantitative estimate of drug-likeness (QED) is 0.624. The summed E-state index contributed by atoms with van der Waals surface area (Å²) in [7, 11) is 1.37. The molecule has 0 fully saturated rings. The Bertz CT molecular complexity index is 849. The average molecular weight is 368 g/mol. The van der Waals surface area contributed by atoms with Gasteiger partial charge in [-0.1, -0.05) is 48.5 Å². The molecule has 0 saturated heterocycles. The second kappa shape index (κ2) is 8.01. The van der Waals surface area contributed by atoms with Crippen LogP contribution in [0.2, 0.25) is 0 Å². The van der Waals surface area contributed by atoms with Crippen LogP contribution in [0.5, 0.6) is 5.75 Å². The predicted octanol–water partition coefficient (Wildman–Crippen LogP) is 3.23. The van der Waals surface area contributed by atoms with Gasteiger partial charge in [-0.2, -0.15) is 0 Å². The molecule has 0 spiro atoms. The van der Waals surface area contributed by atoms with Crippen LogP contribution >= 0.6 is 12.2 Å². The number of nitrogens with one attached hydrogen (secondary N) is 2. The zero-order chi connectivity index (χ0) is 18.5. The fraction of sp³-hybridized carbons (Fsp3) is 0.200. The molecule has 1 aliphatic rings. The molecule has 0 aliphatic carbocycles. The number of carbonyl (C=O) groups excluding carboxylic acids is 1. The van der Waals surface area contributed by atoms with Crippen LogP contribution in [0.4, 0.5) is 0 Å². The van der Waals surface area contributed by atoms with E-state index in [9.17, 15) is 4.79 Å². The molecule has 1 atom stereocenters. The molecule has 0 amide bonds. The fourth-order valence-corrected chi connectivity index (χ4v) is 3.16. The summed E-state index contributed by atoms with van der Waals surface area (Å²) in [6.07, 6.45) is 0. The summed E-state index contributed by atoms with van der Waals surface area (Å²) in [5.41, 5.74) is 3.04. The summed E-state index contributed by atoms with van der Waals surface area (Å²) >= 11 is 5.27. The van der Waals surface area contributed by atoms with Gasteiger partial charge in [0.15, 0.2) is 5.11 Å². The van der Waals surface area contributed by atoms with Crippen molar-refractivity contribution in [1.29, 1.82) is 0 Å². The standard InChI is InChI=1S/C20H20N2O3S/c1-13-17(19(23)24-2)18(22-20(26)21-13)15-10-6-7-11-16(15)25-12-14-8-4-3-5-9-14/h3-11,18H,12H2,1-2H3,(H2,21,22,26)/t18-/m1/s1. The van der Waals surface area contributed by atoms with Crippen LogP contribution in [-0.2, 0) is 16.1 Å². The third kappa shape index (κ3) is 3.86. The number of allylic oxidation sites excluding steroid dienone is 1. The summed E-state index contributed by atoms with van der Waals surface area (Å²) in [5.74, 6) is 0.278. The summed E-state index contributed by atoms with van der Waals surface area (Å²) in [6.45, 7) is 2.24. The number of hydrogen-bond donors (Lipinski definition) is 2. The second-order valence-electron chi connectivity index (χ2n) is 5.87. The van der Waals surface area contributed by atoms with Crippen molar-refractivity contribution in [3.05, 3.63) is 77.0 Å². The Kier molecular flexibility index (Phi) is 5.53. The van der Waals surface area contributed by atoms with Gasteiger partial charge in [-0.3, -0.25) is 0 Å². The van der Waals surface area contributed by atoms with Crippen molar-refractivity contribution >= 4 is 23.3 Å². The molecule has 0 bridgehead atoms. The molecule has 6 heteroatoms. The van der Waals surface area contributed by atoms with E-state index in [1.54, 1.807) is 6.92 Å². The first kappa shape index (κ1) is 17.9. The van der Waals surface area contributed by atoms with Crippen molar-refractivity contribution in [2.24, 2.45) is 0 Å². The van der Waals surface area contributed by atoms with E-state index < -0.39 is 12.0 Å². The van der Waals surface area contributed by atoms with Crippen LogP contribution in [-0.4, -0.2) is 18.2 Å². The molecule has 26 heavy (non-hydrogen) atoms. The van der Waals surface area contributed by atoms with Crippen molar-refractivity contribution < 1.29 is 14.3 Å². The Morgan fingerprint density at radius 3 is 2.54 bits per heavy atom. The highest BCUT2D eigenvalue weighted by molar-refractivity contribution is 7.80. The summed E-state index contributed by atoms with van der Waals surface area (Å²) < 4.78 is 11.0. The average Bonchev–Trinajstić information content (AvgIpc) is 2.66. The number of para-hydroxylation sites is 1. The number of ether oxygens (including phenoxy) is 2. The molecule has 1 aliphatic heterocycles. The van der Waals surface area contributed by atoms with Crippen molar-refractivity contribution in [2.45, 2.75) is 19.6 Å². The topological polar surface area (TPSA) is 59.6 Å². The Labute approximate surface area is 158 Å². The van der Waals surface area contributed by atoms with E-state index in [1.165, 1.54) is 7.11 Å². The lowest BCUT2D eigenvalue weighted by Crippen LogP contribution is -2.45. The molecule has 0 saturated carbocycles. The van der Waals surface area contributed by atoms with E-state index in [1.807, 2.05) is 54.6 Å². The smallest absolute Gasteiger partial charge is 0.337 e. The molecule has 0 unspecified atom stereocenters. The Balaban J connectivity index is 1.93. The van der Waals surface area contributed by atoms with Gasteiger partial charge < -0.3 is 20.1 Å². The minimum atomic E-state index is -0.442. The highest BCUT2D eigenvalue weighted by Gasteiger charge is 2.32. The summed E-state index contributed by atoms with van der Waals surface area (Å²) in [4.78, 5) is 12.3. The lowest BCUT2D eigenvalue weighted by atomic mass is 9.95. The maximum atomic E-state index is 12.3. The first-order chi connectivity index (χ1) is 12.6. The van der Waals surface area contributed by atoms with Crippen LogP contribution in [0.25, 0.3) is 0 Å². The van der Waals surface area contributed by atoms with Crippen LogP contribution < -0.4 is 15.4 Å². The molecule has 3 rings (SSSR count). The minimum absolute atomic E-state index is 0.409. The molecule has 134 valence electrons. The molecule has 0 radical (unpaired) electrons. The molecule has 2 aromatic rings. The van der Waals surface area contributed by atoms with Gasteiger partial charge in [0.2, 0.25) is 0 Å². The number of thiocarbonyl (C=S) groups is 1. The van der Waals surface area contributed by atoms with E-state index in [0.717, 1.165) is 11.1 Å². The maximum absolute atomic E-state index is 12.3. The largest absolute Gasteiger partial charge is 0.489 e. The number of esters is 1. The number of rotatable bonds is 5. The molecule has 1 heterocycles. The monoisotopic (exact) mass is 368 g/mol. The van der Waals surface area contributed by atoms with E-state index in [-0.39, 0.29) is 0 Å². The third-order valence-corrected chi connectivity index (χ3v) is 4.36. The SMILES string of the molecule is COC(=O)C1=C(C)NC(=S)N[C@@H]1c1ccccc1OCc1ccccc1. The van der Waals surface area contributed by atoms with Gasteiger partial charge in [-0.25, -0.2) is 4.79 Å². The zero-order valence-electron chi connectivity index (χ0n) is 14.6. The predicted molar refractivity (Wildman–Crippen MR) is 104 cm³/mol. The fourth-order valence-electron chi connectivity index (χ4n) is 2.89. The normalized spacial score (nSPS) is 16.5. The highest BCUT2D eigenvalue weighted by atomic mass is 32.1. The van der Waals surface area contributed by atoms with Gasteiger partial charge in [0.25, 0.3) is 0 Å². The van der Waals surface area contributed by atoms with Gasteiger partial charge in [0.1, 0.15) is 12.4 Å². The Morgan fingerprint density at radius 1 is 1.12 bits per heavy atom. The van der Waals surface area contributed by atoms with E-state index in [4.69, 9.17) is 21.7 Å². The first-order valence-corrected chi connectivity index (χ1v) is 8.63. The molecular weight excluding hydrogens is 348 g/mol. The number of carbonyl (C=O) groups is 1. The second-order valence-corrected chi connectivity index (χ2v) is 6.28. The van der Waals surface area contributed by atoms with Gasteiger partial charge in [-0.15, -0.1) is 0 Å². The van der Waals surface area contributed by atoms with E-state index in [0.29, 0.717) is 28.7 Å². The number of methoxy groups -OCH3 is 1. The van der Waals surface area contributed by atoms with Gasteiger partial charge in [0.05, 0.1) is 18.7 Å². The highest BCUT2D eigenvalue weighted by Crippen LogP contribution is 2.33. The summed E-state index contributed by atoms with van der Waals surface area (Å²) in [5, 5.41) is 6.58. The van der Waals surface area contributed by atoms with Crippen molar-refractivity contribution in [3.63, 3.8) is 0 Å². The van der Waals surface area contributed by atoms with Crippen molar-refractivity contribution in [3.8, 4) is 5.75 Å². The maximum Gasteiger partial charge on any atom is 0.337 e. The van der Waals surface area contributed by atoms with E-state index in [2.05, 4.69) is 10.6 Å². The first-order valence-electron chi connectivity index (χ1n) is 8.22. The Morgan fingerprint density at radius 2 is 1.81 bits per heavy atom. The molecule has 5 nitrogen and oxygen atoms in total. The number of benzene rings is 2. The Hall–Kier alpha value is -2.86. The van der Waals surface area contributed by atoms with Gasteiger partial charge >= 0.3 is 5.97 Å². The molecule has 2 aromatic carbocycles. The van der Waals surface area contributed by atoms with Crippen LogP contribution in [0, 0.1) is 0 Å². The van der Waals surface area contributed by atoms with Crippen LogP contribution in [0.3, 0.4) is 0 Å². The summed E-state index contributed by atoms with van der Waals surface area (Å²) in [6, 6.07) is 17.1. The van der Waals surface area contributed by atoms with Gasteiger partial charge in [0, 0.05) is 11.3 Å². The van der Waals surface area contributed by atoms with Gasteiger partial charge in [-0.05, 0) is 30.8 Å². The lowest BCUT2D eigenvalue weighted by Gasteiger charge is -2.30. The van der Waals surface area contributed by atoms with Crippen LogP contribution in [0.15, 0.2) is 65.9 Å². The van der Waals surface area contributed by atoms with E-state index >= 15 is 0 Å². The molecular formula is C20H20N2O3S. The minimum Gasteiger partial charge on any atom is -0.489 e. The number of hydrogen-bond acceptors (Lipinski definition) is 4. The van der Waals surface area contributed by atoms with Crippen molar-refractivity contribution in [2.75, 3.05) is 7.11 Å². The molecule has 2 N–H and O–H groups in total. The molecule has 0 aromatic heterocycles. The third-order valence-electron chi connectivity index (χ3n) is 4.14. The van der Waals surface area contributed by atoms with Crippen LogP contribution in [0.1, 0.15) is 24.1 Å². The van der Waals surface area contributed by atoms with Crippen molar-refractivity contribution in [1.82, 2.24) is 10.6 Å². The zero-order valence-corrected chi connectivity index (χ0v) is 15.4. The lowest BCUT2D eigenvalue weighted by molar-refractivity contribution is -0.136.